The van der Waals surface area contributed by atoms with Gasteiger partial charge in [-0.2, -0.15) is 0 Å². The molecule has 0 amide bonds. The minimum Gasteiger partial charge on any atom is -0.342 e. The minimum atomic E-state index is 0.566. The maximum absolute atomic E-state index is 4.66. The smallest absolute Gasteiger partial charge is 0.110 e. The molecule has 0 aliphatic carbocycles. The molecule has 2 heteroatoms. The summed E-state index contributed by atoms with van der Waals surface area (Å²) in [4.78, 5) is 8.11. The fourth-order valence-electron chi connectivity index (χ4n) is 2.06. The van der Waals surface area contributed by atoms with Crippen LogP contribution >= 0.6 is 0 Å². The molecule has 0 aliphatic rings. The maximum Gasteiger partial charge on any atom is 0.110 e. The van der Waals surface area contributed by atoms with E-state index >= 15 is 0 Å². The number of nitrogens with one attached hydrogen (secondary N) is 1. The Morgan fingerprint density at radius 3 is 2.60 bits per heavy atom. The van der Waals surface area contributed by atoms with Gasteiger partial charge in [0.1, 0.15) is 5.82 Å². The molecule has 2 rings (SSSR count). The fourth-order valence-corrected chi connectivity index (χ4v) is 2.06. The van der Waals surface area contributed by atoms with Gasteiger partial charge < -0.3 is 4.98 Å². The second kappa shape index (κ2) is 4.05. The monoisotopic (exact) mass is 202 g/mol. The van der Waals surface area contributed by atoms with Gasteiger partial charge in [0.25, 0.3) is 0 Å². The van der Waals surface area contributed by atoms with E-state index < -0.39 is 0 Å². The van der Waals surface area contributed by atoms with Gasteiger partial charge in [0.15, 0.2) is 0 Å². The topological polar surface area (TPSA) is 28.7 Å². The standard InChI is InChI=1S/C13H18N2/c1-4-10(5-2)13-14-11-8-6-7-9(3)12(11)15-13/h6-8,10H,4-5H2,1-3H3,(H,14,15). The predicted molar refractivity (Wildman–Crippen MR) is 64.2 cm³/mol. The van der Waals surface area contributed by atoms with E-state index in [0.29, 0.717) is 5.92 Å². The summed E-state index contributed by atoms with van der Waals surface area (Å²) in [6, 6.07) is 6.26. The summed E-state index contributed by atoms with van der Waals surface area (Å²) in [5.74, 6) is 1.71. The van der Waals surface area contributed by atoms with Crippen LogP contribution in [0.4, 0.5) is 0 Å². The zero-order valence-corrected chi connectivity index (χ0v) is 9.67. The summed E-state index contributed by atoms with van der Waals surface area (Å²) in [6.07, 6.45) is 2.30. The van der Waals surface area contributed by atoms with Crippen molar-refractivity contribution in [1.82, 2.24) is 9.97 Å². The Balaban J connectivity index is 2.51. The fraction of sp³-hybridized carbons (Fsp3) is 0.462. The highest BCUT2D eigenvalue weighted by Crippen LogP contribution is 2.24. The number of rotatable bonds is 3. The van der Waals surface area contributed by atoms with E-state index in [1.165, 1.54) is 11.1 Å². The zero-order valence-electron chi connectivity index (χ0n) is 9.67. The lowest BCUT2D eigenvalue weighted by Crippen LogP contribution is -1.97. The predicted octanol–water partition coefficient (Wildman–Crippen LogP) is 3.77. The summed E-state index contributed by atoms with van der Waals surface area (Å²) in [5, 5.41) is 0. The number of hydrogen-bond donors (Lipinski definition) is 1. The van der Waals surface area contributed by atoms with Gasteiger partial charge in [-0.25, -0.2) is 4.98 Å². The van der Waals surface area contributed by atoms with Crippen LogP contribution in [0.5, 0.6) is 0 Å². The van der Waals surface area contributed by atoms with Crippen molar-refractivity contribution in [1.29, 1.82) is 0 Å². The first kappa shape index (κ1) is 10.2. The highest BCUT2D eigenvalue weighted by atomic mass is 14.9. The number of aromatic nitrogens is 2. The average Bonchev–Trinajstić information content (AvgIpc) is 2.65. The molecular formula is C13H18N2. The van der Waals surface area contributed by atoms with Gasteiger partial charge in [-0.05, 0) is 31.4 Å². The second-order valence-corrected chi connectivity index (χ2v) is 4.10. The van der Waals surface area contributed by atoms with Gasteiger partial charge in [-0.3, -0.25) is 0 Å². The normalized spacial score (nSPS) is 11.5. The van der Waals surface area contributed by atoms with Crippen LogP contribution < -0.4 is 0 Å². The summed E-state index contributed by atoms with van der Waals surface area (Å²) in [5.41, 5.74) is 3.56. The van der Waals surface area contributed by atoms with Gasteiger partial charge in [-0.15, -0.1) is 0 Å². The minimum absolute atomic E-state index is 0.566. The van der Waals surface area contributed by atoms with Gasteiger partial charge in [0.05, 0.1) is 11.0 Å². The molecular weight excluding hydrogens is 184 g/mol. The highest BCUT2D eigenvalue weighted by Gasteiger charge is 2.12. The van der Waals surface area contributed by atoms with Crippen LogP contribution in [0, 0.1) is 6.92 Å². The lowest BCUT2D eigenvalue weighted by atomic mass is 10.0. The average molecular weight is 202 g/mol. The molecule has 1 aromatic carbocycles. The SMILES string of the molecule is CCC(CC)c1nc2cccc(C)c2[nH]1. The first-order valence-electron chi connectivity index (χ1n) is 5.71. The molecule has 2 nitrogen and oxygen atoms in total. The molecule has 0 saturated carbocycles. The van der Waals surface area contributed by atoms with Crippen molar-refractivity contribution in [3.05, 3.63) is 29.6 Å². The Hall–Kier alpha value is -1.31. The number of H-pyrrole nitrogens is 1. The molecule has 80 valence electrons. The number of fused-ring (bicyclic) bond motifs is 1. The van der Waals surface area contributed by atoms with Crippen LogP contribution in [0.3, 0.4) is 0 Å². The second-order valence-electron chi connectivity index (χ2n) is 4.10. The van der Waals surface area contributed by atoms with Crippen molar-refractivity contribution in [2.45, 2.75) is 39.5 Å². The number of aromatic amines is 1. The zero-order chi connectivity index (χ0) is 10.8. The van der Waals surface area contributed by atoms with Crippen molar-refractivity contribution < 1.29 is 0 Å². The molecule has 0 saturated heterocycles. The van der Waals surface area contributed by atoms with Crippen LogP contribution in [0.15, 0.2) is 18.2 Å². The Morgan fingerprint density at radius 1 is 1.27 bits per heavy atom. The highest BCUT2D eigenvalue weighted by molar-refractivity contribution is 5.78. The quantitative estimate of drug-likeness (QED) is 0.806. The van der Waals surface area contributed by atoms with Gasteiger partial charge in [0, 0.05) is 5.92 Å². The third-order valence-electron chi connectivity index (χ3n) is 3.12. The molecule has 0 bridgehead atoms. The molecule has 0 unspecified atom stereocenters. The molecule has 1 N–H and O–H groups in total. The number of nitrogens with zero attached hydrogens (tertiary/aromatic N) is 1. The lowest BCUT2D eigenvalue weighted by Gasteiger charge is -2.07. The Labute approximate surface area is 90.7 Å². The van der Waals surface area contributed by atoms with Crippen LogP contribution in [0.25, 0.3) is 11.0 Å². The van der Waals surface area contributed by atoms with E-state index in [2.05, 4.69) is 48.9 Å². The summed E-state index contributed by atoms with van der Waals surface area (Å²) < 4.78 is 0. The Morgan fingerprint density at radius 2 is 2.00 bits per heavy atom. The number of aryl methyl sites for hydroxylation is 1. The first-order chi connectivity index (χ1) is 7.26. The van der Waals surface area contributed by atoms with E-state index in [0.717, 1.165) is 24.2 Å². The molecule has 0 aliphatic heterocycles. The van der Waals surface area contributed by atoms with Gasteiger partial charge in [-0.1, -0.05) is 26.0 Å². The van der Waals surface area contributed by atoms with Crippen molar-refractivity contribution in [2.75, 3.05) is 0 Å². The molecule has 15 heavy (non-hydrogen) atoms. The molecule has 2 aromatic rings. The molecule has 0 spiro atoms. The van der Waals surface area contributed by atoms with Gasteiger partial charge in [0.2, 0.25) is 0 Å². The number of hydrogen-bond acceptors (Lipinski definition) is 1. The molecule has 0 radical (unpaired) electrons. The summed E-state index contributed by atoms with van der Waals surface area (Å²) >= 11 is 0. The van der Waals surface area contributed by atoms with Crippen molar-refractivity contribution in [3.63, 3.8) is 0 Å². The summed E-state index contributed by atoms with van der Waals surface area (Å²) in [7, 11) is 0. The third-order valence-corrected chi connectivity index (χ3v) is 3.12. The maximum atomic E-state index is 4.66. The van der Waals surface area contributed by atoms with Crippen LogP contribution in [0.2, 0.25) is 0 Å². The molecule has 0 atom stereocenters. The van der Waals surface area contributed by atoms with E-state index in [-0.39, 0.29) is 0 Å². The molecule has 0 fully saturated rings. The van der Waals surface area contributed by atoms with Crippen LogP contribution in [0.1, 0.15) is 44.0 Å². The van der Waals surface area contributed by atoms with Crippen LogP contribution in [-0.2, 0) is 0 Å². The van der Waals surface area contributed by atoms with Crippen molar-refractivity contribution in [2.24, 2.45) is 0 Å². The lowest BCUT2D eigenvalue weighted by molar-refractivity contribution is 0.611. The van der Waals surface area contributed by atoms with E-state index in [4.69, 9.17) is 0 Å². The Bertz CT molecular complexity index is 453. The van der Waals surface area contributed by atoms with E-state index in [1.807, 2.05) is 0 Å². The Kier molecular flexibility index (Phi) is 2.76. The van der Waals surface area contributed by atoms with E-state index in [1.54, 1.807) is 0 Å². The largest absolute Gasteiger partial charge is 0.342 e. The molecule has 1 aromatic heterocycles. The summed E-state index contributed by atoms with van der Waals surface area (Å²) in [6.45, 7) is 6.56. The number of benzene rings is 1. The number of imidazole rings is 1. The third kappa shape index (κ3) is 1.76. The van der Waals surface area contributed by atoms with Gasteiger partial charge >= 0.3 is 0 Å². The first-order valence-corrected chi connectivity index (χ1v) is 5.71. The number of para-hydroxylation sites is 1. The van der Waals surface area contributed by atoms with Crippen molar-refractivity contribution >= 4 is 11.0 Å². The molecule has 1 heterocycles. The van der Waals surface area contributed by atoms with Crippen LogP contribution in [-0.4, -0.2) is 9.97 Å². The van der Waals surface area contributed by atoms with E-state index in [9.17, 15) is 0 Å². The van der Waals surface area contributed by atoms with Crippen molar-refractivity contribution in [3.8, 4) is 0 Å².